The van der Waals surface area contributed by atoms with Gasteiger partial charge in [0, 0.05) is 0 Å². The fourth-order valence-electron chi connectivity index (χ4n) is 0.147. The van der Waals surface area contributed by atoms with E-state index in [0.29, 0.717) is 0 Å². The van der Waals surface area contributed by atoms with E-state index in [-0.39, 0.29) is 34.4 Å². The summed E-state index contributed by atoms with van der Waals surface area (Å²) in [5.74, 6) is -1.34. The Balaban J connectivity index is 0. The number of carboxylic acids is 1. The van der Waals surface area contributed by atoms with Crippen LogP contribution in [0.5, 0.6) is 0 Å². The molecule has 9 heavy (non-hydrogen) atoms. The fraction of sp³-hybridized carbons (Fsp3) is 0.500. The van der Waals surface area contributed by atoms with Crippen molar-refractivity contribution < 1.29 is 49.5 Å². The molecular weight excluding hydrogens is 139 g/mol. The first-order chi connectivity index (χ1) is 3.66. The van der Waals surface area contributed by atoms with Crippen LogP contribution in [0, 0.1) is 5.21 Å². The van der Waals surface area contributed by atoms with Crippen LogP contribution in [0.3, 0.4) is 0 Å². The number of carbonyl (C=O) groups is 1. The smallest absolute Gasteiger partial charge is 0.597 e. The fourth-order valence-corrected chi connectivity index (χ4v) is 0.147. The van der Waals surface area contributed by atoms with Gasteiger partial charge in [0.25, 0.3) is 6.54 Å². The van der Waals surface area contributed by atoms with Gasteiger partial charge in [0.1, 0.15) is 0 Å². The van der Waals surface area contributed by atoms with Gasteiger partial charge in [-0.3, -0.25) is 0 Å². The van der Waals surface area contributed by atoms with Crippen molar-refractivity contribution in [3.8, 4) is 0 Å². The summed E-state index contributed by atoms with van der Waals surface area (Å²) in [4.78, 5) is 9.21. The Morgan fingerprint density at radius 2 is 2.22 bits per heavy atom. The molecule has 6 nitrogen and oxygen atoms in total. The molecule has 0 rings (SSSR count). The topological polar surface area (TPSA) is 96.0 Å². The first kappa shape index (κ1) is 11.5. The minimum atomic E-state index is -1.34. The summed E-state index contributed by atoms with van der Waals surface area (Å²) >= 11 is 0. The van der Waals surface area contributed by atoms with Crippen LogP contribution in [0.25, 0.3) is 0 Å². The number of hydrogen-bond acceptors (Lipinski definition) is 3. The molecule has 0 heterocycles. The van der Waals surface area contributed by atoms with Gasteiger partial charge in [-0.1, -0.05) is 0 Å². The van der Waals surface area contributed by atoms with Gasteiger partial charge in [-0.25, -0.2) is 4.79 Å². The van der Waals surface area contributed by atoms with E-state index in [2.05, 4.69) is 0 Å². The maximum Gasteiger partial charge on any atom is 1.00 e. The second kappa shape index (κ2) is 5.80. The van der Waals surface area contributed by atoms with Crippen LogP contribution in [0.4, 0.5) is 0 Å². The van der Waals surface area contributed by atoms with Crippen LogP contribution in [-0.2, 0) is 4.79 Å². The minimum absolute atomic E-state index is 0. The van der Waals surface area contributed by atoms with E-state index < -0.39 is 12.5 Å². The maximum atomic E-state index is 9.74. The Labute approximate surface area is 72.6 Å². The second-order valence-electron chi connectivity index (χ2n) is 0.993. The summed E-state index contributed by atoms with van der Waals surface area (Å²) in [5.41, 5.74) is 0. The number of aliphatic carboxylic acids is 1. The molecule has 0 bridgehead atoms. The van der Waals surface area contributed by atoms with Gasteiger partial charge in [0.2, 0.25) is 0 Å². The van der Waals surface area contributed by atoms with Crippen molar-refractivity contribution in [1.29, 1.82) is 0 Å². The Hall–Kier alpha value is -0.330. The van der Waals surface area contributed by atoms with Gasteiger partial charge >= 0.3 is 35.5 Å². The van der Waals surface area contributed by atoms with Crippen LogP contribution in [0.1, 0.15) is 0 Å². The average Bonchev–Trinajstić information content (AvgIpc) is 1.65. The molecule has 2 N–H and O–H groups in total. The molecule has 0 saturated carbocycles. The number of nitrogens with zero attached hydrogens (tertiary/aromatic N) is 2. The van der Waals surface area contributed by atoms with Gasteiger partial charge in [-0.15, -0.1) is 0 Å². The molecular formula is C2H4N2NaO4+. The summed E-state index contributed by atoms with van der Waals surface area (Å²) in [6, 6.07) is 0. The van der Waals surface area contributed by atoms with Gasteiger partial charge in [0.15, 0.2) is 5.28 Å². The number of hydroxylamine groups is 1. The van der Waals surface area contributed by atoms with E-state index in [4.69, 9.17) is 10.3 Å². The van der Waals surface area contributed by atoms with E-state index in [0.717, 1.165) is 0 Å². The maximum absolute atomic E-state index is 9.74. The normalized spacial score (nSPS) is 10.0. The van der Waals surface area contributed by atoms with Crippen molar-refractivity contribution in [2.24, 2.45) is 5.28 Å². The van der Waals surface area contributed by atoms with Crippen LogP contribution in [-0.4, -0.2) is 27.7 Å². The van der Waals surface area contributed by atoms with Crippen molar-refractivity contribution >= 4 is 5.97 Å². The monoisotopic (exact) mass is 143 g/mol. The molecule has 0 aliphatic carbocycles. The van der Waals surface area contributed by atoms with E-state index in [1.807, 2.05) is 5.28 Å². The molecule has 0 saturated heterocycles. The molecule has 0 radical (unpaired) electrons. The summed E-state index contributed by atoms with van der Waals surface area (Å²) in [5, 5.41) is 27.1. The average molecular weight is 143 g/mol. The van der Waals surface area contributed by atoms with Crippen molar-refractivity contribution in [2.45, 2.75) is 0 Å². The SMILES string of the molecule is O=C(O)C/[N+]([O-])=N/O.[Na+]. The first-order valence-corrected chi connectivity index (χ1v) is 1.68. The van der Waals surface area contributed by atoms with Crippen molar-refractivity contribution in [3.63, 3.8) is 0 Å². The molecule has 0 aromatic rings. The molecule has 0 aliphatic heterocycles. The Kier molecular flexibility index (Phi) is 7.39. The molecule has 0 unspecified atom stereocenters. The zero-order chi connectivity index (χ0) is 6.57. The second-order valence-corrected chi connectivity index (χ2v) is 0.993. The molecule has 0 aromatic carbocycles. The third kappa shape index (κ3) is 7.67. The number of rotatable bonds is 2. The van der Waals surface area contributed by atoms with Crippen molar-refractivity contribution in [3.05, 3.63) is 5.21 Å². The third-order valence-corrected chi connectivity index (χ3v) is 0.370. The van der Waals surface area contributed by atoms with Gasteiger partial charge in [0.05, 0.1) is 0 Å². The molecule has 0 spiro atoms. The molecule has 0 aliphatic rings. The van der Waals surface area contributed by atoms with Crippen molar-refractivity contribution in [1.82, 2.24) is 0 Å². The molecule has 46 valence electrons. The van der Waals surface area contributed by atoms with E-state index in [1.54, 1.807) is 0 Å². The van der Waals surface area contributed by atoms with Gasteiger partial charge in [-0.2, -0.15) is 0 Å². The minimum Gasteiger partial charge on any atom is -0.597 e. The molecule has 0 aromatic heterocycles. The summed E-state index contributed by atoms with van der Waals surface area (Å²) in [6.45, 7) is -0.837. The van der Waals surface area contributed by atoms with Crippen LogP contribution >= 0.6 is 0 Å². The zero-order valence-corrected chi connectivity index (χ0v) is 6.81. The molecule has 0 fully saturated rings. The summed E-state index contributed by atoms with van der Waals surface area (Å²) in [7, 11) is 0. The van der Waals surface area contributed by atoms with Crippen LogP contribution in [0.15, 0.2) is 5.28 Å². The Bertz CT molecular complexity index is 124. The Morgan fingerprint density at radius 3 is 2.33 bits per heavy atom. The van der Waals surface area contributed by atoms with Crippen molar-refractivity contribution in [2.75, 3.05) is 6.54 Å². The third-order valence-electron chi connectivity index (χ3n) is 0.370. The van der Waals surface area contributed by atoms with E-state index in [1.165, 1.54) is 0 Å². The summed E-state index contributed by atoms with van der Waals surface area (Å²) in [6.07, 6.45) is 0. The van der Waals surface area contributed by atoms with Crippen LogP contribution < -0.4 is 29.6 Å². The molecule has 0 atom stereocenters. The standard InChI is InChI=1S/C2H4N2O4.Na/c5-2(6)1-4(8)3-7;/h7H,1H2,(H,5,6);/q;+1/b4-3-;. The zero-order valence-electron chi connectivity index (χ0n) is 4.81. The number of carboxylic acid groups (broad SMARTS) is 1. The summed E-state index contributed by atoms with van der Waals surface area (Å²) < 4.78 is 0. The predicted octanol–water partition coefficient (Wildman–Crippen LogP) is -3.57. The van der Waals surface area contributed by atoms with Gasteiger partial charge in [-0.05, 0) is 4.86 Å². The molecule has 7 heteroatoms. The molecule has 0 amide bonds. The first-order valence-electron chi connectivity index (χ1n) is 1.68. The largest absolute Gasteiger partial charge is 1.00 e. The van der Waals surface area contributed by atoms with Gasteiger partial charge < -0.3 is 15.5 Å². The van der Waals surface area contributed by atoms with Crippen LogP contribution in [0.2, 0.25) is 0 Å². The predicted molar refractivity (Wildman–Crippen MR) is 20.3 cm³/mol. The van der Waals surface area contributed by atoms with E-state index >= 15 is 0 Å². The quantitative estimate of drug-likeness (QED) is 0.181. The Morgan fingerprint density at radius 1 is 1.78 bits per heavy atom. The van der Waals surface area contributed by atoms with E-state index in [9.17, 15) is 10.0 Å². The number of hydrogen-bond donors (Lipinski definition) is 2.